The van der Waals surface area contributed by atoms with Crippen molar-refractivity contribution in [1.82, 2.24) is 9.21 Å². The van der Waals surface area contributed by atoms with Crippen LogP contribution in [0.1, 0.15) is 26.2 Å². The Bertz CT molecular complexity index is 407. The van der Waals surface area contributed by atoms with E-state index in [0.29, 0.717) is 31.3 Å². The minimum absolute atomic E-state index is 0.242. The van der Waals surface area contributed by atoms with Gasteiger partial charge in [-0.15, -0.1) is 0 Å². The van der Waals surface area contributed by atoms with Crippen molar-refractivity contribution in [1.29, 1.82) is 0 Å². The number of hydrogen-bond donors (Lipinski definition) is 0. The molecular weight excluding hydrogens is 252 g/mol. The maximum atomic E-state index is 11.9. The zero-order chi connectivity index (χ0) is 13.3. The molecule has 0 aromatic rings. The second kappa shape index (κ2) is 5.17. The molecule has 2 fully saturated rings. The molecule has 2 saturated heterocycles. The SMILES string of the molecule is CC1CN(C(=O)CC2CCN(S(C)(=O)=O)CC2)C1. The number of hydrogen-bond acceptors (Lipinski definition) is 3. The van der Waals surface area contributed by atoms with Gasteiger partial charge in [0.2, 0.25) is 15.9 Å². The van der Waals surface area contributed by atoms with E-state index in [0.717, 1.165) is 25.9 Å². The normalized spacial score (nSPS) is 24.0. The Morgan fingerprint density at radius 2 is 1.78 bits per heavy atom. The van der Waals surface area contributed by atoms with E-state index in [9.17, 15) is 13.2 Å². The van der Waals surface area contributed by atoms with Gasteiger partial charge in [-0.2, -0.15) is 0 Å². The lowest BCUT2D eigenvalue weighted by Crippen LogP contribution is -2.49. The molecule has 2 aliphatic heterocycles. The van der Waals surface area contributed by atoms with E-state index >= 15 is 0 Å². The maximum absolute atomic E-state index is 11.9. The Labute approximate surface area is 109 Å². The highest BCUT2D eigenvalue weighted by Crippen LogP contribution is 2.24. The average Bonchev–Trinajstić information content (AvgIpc) is 2.24. The van der Waals surface area contributed by atoms with E-state index in [-0.39, 0.29) is 5.91 Å². The van der Waals surface area contributed by atoms with Crippen LogP contribution in [0.15, 0.2) is 0 Å². The number of carbonyl (C=O) groups is 1. The monoisotopic (exact) mass is 274 g/mol. The van der Waals surface area contributed by atoms with Gasteiger partial charge < -0.3 is 4.90 Å². The van der Waals surface area contributed by atoms with Crippen LogP contribution in [0.5, 0.6) is 0 Å². The highest BCUT2D eigenvalue weighted by Gasteiger charge is 2.31. The predicted octanol–water partition coefficient (Wildman–Crippen LogP) is 0.526. The molecule has 5 nitrogen and oxygen atoms in total. The Balaban J connectivity index is 1.75. The highest BCUT2D eigenvalue weighted by atomic mass is 32.2. The summed E-state index contributed by atoms with van der Waals surface area (Å²) in [6, 6.07) is 0. The van der Waals surface area contributed by atoms with Crippen LogP contribution < -0.4 is 0 Å². The van der Waals surface area contributed by atoms with Crippen LogP contribution in [0.4, 0.5) is 0 Å². The molecule has 2 heterocycles. The van der Waals surface area contributed by atoms with Gasteiger partial charge in [-0.1, -0.05) is 6.92 Å². The first-order valence-electron chi connectivity index (χ1n) is 6.59. The van der Waals surface area contributed by atoms with Gasteiger partial charge in [0.25, 0.3) is 0 Å². The van der Waals surface area contributed by atoms with E-state index in [1.54, 1.807) is 0 Å². The van der Waals surface area contributed by atoms with Crippen molar-refractivity contribution in [3.8, 4) is 0 Å². The zero-order valence-electron chi connectivity index (χ0n) is 11.1. The average molecular weight is 274 g/mol. The van der Waals surface area contributed by atoms with Crippen LogP contribution in [-0.4, -0.2) is 56.0 Å². The van der Waals surface area contributed by atoms with E-state index in [1.807, 2.05) is 4.90 Å². The van der Waals surface area contributed by atoms with Gasteiger partial charge in [-0.05, 0) is 24.7 Å². The van der Waals surface area contributed by atoms with Crippen molar-refractivity contribution in [2.45, 2.75) is 26.2 Å². The molecule has 0 aromatic heterocycles. The van der Waals surface area contributed by atoms with Crippen LogP contribution in [0.3, 0.4) is 0 Å². The molecule has 18 heavy (non-hydrogen) atoms. The standard InChI is InChI=1S/C12H22N2O3S/c1-10-8-13(9-10)12(15)7-11-3-5-14(6-4-11)18(2,16)17/h10-11H,3-9H2,1-2H3. The molecule has 0 bridgehead atoms. The minimum atomic E-state index is -3.06. The van der Waals surface area contributed by atoms with Gasteiger partial charge in [0.1, 0.15) is 0 Å². The molecule has 104 valence electrons. The van der Waals surface area contributed by atoms with Crippen molar-refractivity contribution in [2.75, 3.05) is 32.4 Å². The molecule has 0 aliphatic carbocycles. The van der Waals surface area contributed by atoms with Crippen LogP contribution in [-0.2, 0) is 14.8 Å². The molecular formula is C12H22N2O3S. The second-order valence-electron chi connectivity index (χ2n) is 5.71. The van der Waals surface area contributed by atoms with Crippen molar-refractivity contribution >= 4 is 15.9 Å². The van der Waals surface area contributed by atoms with E-state index in [1.165, 1.54) is 10.6 Å². The first-order chi connectivity index (χ1) is 8.36. The Morgan fingerprint density at radius 1 is 1.22 bits per heavy atom. The molecule has 0 spiro atoms. The van der Waals surface area contributed by atoms with Crippen molar-refractivity contribution in [2.24, 2.45) is 11.8 Å². The fourth-order valence-corrected chi connectivity index (χ4v) is 3.60. The largest absolute Gasteiger partial charge is 0.342 e. The summed E-state index contributed by atoms with van der Waals surface area (Å²) in [5, 5.41) is 0. The van der Waals surface area contributed by atoms with Gasteiger partial charge >= 0.3 is 0 Å². The molecule has 0 unspecified atom stereocenters. The Morgan fingerprint density at radius 3 is 2.22 bits per heavy atom. The quantitative estimate of drug-likeness (QED) is 0.754. The number of sulfonamides is 1. The van der Waals surface area contributed by atoms with Crippen molar-refractivity contribution < 1.29 is 13.2 Å². The molecule has 1 amide bonds. The van der Waals surface area contributed by atoms with Gasteiger partial charge in [0, 0.05) is 32.6 Å². The molecule has 0 atom stereocenters. The number of carbonyl (C=O) groups excluding carboxylic acids is 1. The molecule has 2 aliphatic rings. The van der Waals surface area contributed by atoms with Gasteiger partial charge in [-0.3, -0.25) is 4.79 Å². The Kier molecular flexibility index (Phi) is 3.96. The summed E-state index contributed by atoms with van der Waals surface area (Å²) >= 11 is 0. The molecule has 0 radical (unpaired) electrons. The summed E-state index contributed by atoms with van der Waals surface area (Å²) in [4.78, 5) is 13.8. The second-order valence-corrected chi connectivity index (χ2v) is 7.70. The van der Waals surface area contributed by atoms with Crippen LogP contribution in [0.25, 0.3) is 0 Å². The van der Waals surface area contributed by atoms with E-state index < -0.39 is 10.0 Å². The third kappa shape index (κ3) is 3.23. The zero-order valence-corrected chi connectivity index (χ0v) is 11.9. The lowest BCUT2D eigenvalue weighted by molar-refractivity contribution is -0.138. The fraction of sp³-hybridized carbons (Fsp3) is 0.917. The highest BCUT2D eigenvalue weighted by molar-refractivity contribution is 7.88. The van der Waals surface area contributed by atoms with Crippen LogP contribution >= 0.6 is 0 Å². The van der Waals surface area contributed by atoms with E-state index in [4.69, 9.17) is 0 Å². The topological polar surface area (TPSA) is 57.7 Å². The summed E-state index contributed by atoms with van der Waals surface area (Å²) in [6.45, 7) is 5.05. The third-order valence-corrected chi connectivity index (χ3v) is 5.23. The number of rotatable bonds is 3. The first kappa shape index (κ1) is 13.8. The lowest BCUT2D eigenvalue weighted by atomic mass is 9.92. The summed E-state index contributed by atoms with van der Waals surface area (Å²) in [5.74, 6) is 1.23. The molecule has 2 rings (SSSR count). The summed E-state index contributed by atoms with van der Waals surface area (Å²) < 4.78 is 24.2. The minimum Gasteiger partial charge on any atom is -0.342 e. The summed E-state index contributed by atoms with van der Waals surface area (Å²) in [5.41, 5.74) is 0. The van der Waals surface area contributed by atoms with Gasteiger partial charge in [-0.25, -0.2) is 12.7 Å². The predicted molar refractivity (Wildman–Crippen MR) is 69.5 cm³/mol. The molecule has 0 N–H and O–H groups in total. The molecule has 6 heteroatoms. The number of nitrogens with zero attached hydrogens (tertiary/aromatic N) is 2. The summed E-state index contributed by atoms with van der Waals surface area (Å²) in [6.07, 6.45) is 3.45. The van der Waals surface area contributed by atoms with Crippen LogP contribution in [0.2, 0.25) is 0 Å². The van der Waals surface area contributed by atoms with Gasteiger partial charge in [0.15, 0.2) is 0 Å². The van der Waals surface area contributed by atoms with Gasteiger partial charge in [0.05, 0.1) is 6.26 Å². The fourth-order valence-electron chi connectivity index (χ4n) is 2.72. The maximum Gasteiger partial charge on any atom is 0.222 e. The third-order valence-electron chi connectivity index (χ3n) is 3.92. The lowest BCUT2D eigenvalue weighted by Gasteiger charge is -2.38. The molecule has 0 aromatic carbocycles. The Hall–Kier alpha value is -0.620. The number of amides is 1. The smallest absolute Gasteiger partial charge is 0.222 e. The number of likely N-dealkylation sites (tertiary alicyclic amines) is 1. The van der Waals surface area contributed by atoms with Crippen LogP contribution in [0, 0.1) is 11.8 Å². The van der Waals surface area contributed by atoms with Crippen molar-refractivity contribution in [3.05, 3.63) is 0 Å². The van der Waals surface area contributed by atoms with E-state index in [2.05, 4.69) is 6.92 Å². The first-order valence-corrected chi connectivity index (χ1v) is 8.44. The van der Waals surface area contributed by atoms with Crippen molar-refractivity contribution in [3.63, 3.8) is 0 Å². The summed E-state index contributed by atoms with van der Waals surface area (Å²) in [7, 11) is -3.06. The molecule has 0 saturated carbocycles. The number of piperidine rings is 1.